The van der Waals surface area contributed by atoms with Crippen molar-refractivity contribution in [2.75, 3.05) is 6.61 Å². The van der Waals surface area contributed by atoms with Crippen molar-refractivity contribution in [3.63, 3.8) is 0 Å². The topological polar surface area (TPSA) is 73.6 Å². The molecule has 0 saturated carbocycles. The number of carbonyl (C=O) groups is 1. The van der Waals surface area contributed by atoms with Crippen molar-refractivity contribution >= 4 is 17.0 Å². The Morgan fingerprint density at radius 2 is 1.86 bits per heavy atom. The van der Waals surface area contributed by atoms with Crippen LogP contribution in [0.3, 0.4) is 0 Å². The molecule has 1 atom stereocenters. The largest absolute Gasteiger partial charge is 0.486 e. The second kappa shape index (κ2) is 8.89. The van der Waals surface area contributed by atoms with Crippen molar-refractivity contribution in [1.29, 1.82) is 0 Å². The van der Waals surface area contributed by atoms with Crippen molar-refractivity contribution in [3.8, 4) is 5.75 Å². The summed E-state index contributed by atoms with van der Waals surface area (Å²) in [5.74, 6) is 0.910. The van der Waals surface area contributed by atoms with Crippen molar-refractivity contribution in [3.05, 3.63) is 59.9 Å². The number of aryl methyl sites for hydroxylation is 1. The Morgan fingerprint density at radius 1 is 1.14 bits per heavy atom. The van der Waals surface area contributed by atoms with Crippen LogP contribution in [0.15, 0.2) is 48.5 Å². The van der Waals surface area contributed by atoms with Gasteiger partial charge in [-0.15, -0.1) is 0 Å². The molecule has 0 spiro atoms. The fourth-order valence-electron chi connectivity index (χ4n) is 2.93. The van der Waals surface area contributed by atoms with Gasteiger partial charge in [-0.2, -0.15) is 0 Å². The van der Waals surface area contributed by atoms with Gasteiger partial charge in [0.2, 0.25) is 0 Å². The van der Waals surface area contributed by atoms with Crippen molar-refractivity contribution < 1.29 is 19.4 Å². The number of imidazole rings is 1. The Labute approximate surface area is 164 Å². The number of benzene rings is 2. The SMILES string of the molecule is CC(C)COC(Cc1ccc(OCc2nc3ccccc3n2C)cc1)C(=O)O. The van der Waals surface area contributed by atoms with Crippen LogP contribution in [0.25, 0.3) is 11.0 Å². The third-order valence-electron chi connectivity index (χ3n) is 4.50. The fraction of sp³-hybridized carbons (Fsp3) is 0.364. The maximum Gasteiger partial charge on any atom is 0.333 e. The summed E-state index contributed by atoms with van der Waals surface area (Å²) in [5, 5.41) is 9.34. The molecule has 3 aromatic rings. The van der Waals surface area contributed by atoms with E-state index >= 15 is 0 Å². The van der Waals surface area contributed by atoms with Gasteiger partial charge in [-0.05, 0) is 35.7 Å². The van der Waals surface area contributed by atoms with E-state index in [0.29, 0.717) is 31.3 Å². The minimum atomic E-state index is -0.942. The second-order valence-corrected chi connectivity index (χ2v) is 7.27. The van der Waals surface area contributed by atoms with Crippen LogP contribution in [0.1, 0.15) is 25.2 Å². The van der Waals surface area contributed by atoms with E-state index in [2.05, 4.69) is 4.98 Å². The third kappa shape index (κ3) is 4.89. The molecule has 0 saturated heterocycles. The number of hydrogen-bond acceptors (Lipinski definition) is 4. The van der Waals surface area contributed by atoms with E-state index in [-0.39, 0.29) is 0 Å². The average Bonchev–Trinajstić information content (AvgIpc) is 3.00. The maximum absolute atomic E-state index is 11.4. The molecular formula is C22H26N2O4. The maximum atomic E-state index is 11.4. The molecule has 0 aliphatic rings. The smallest absolute Gasteiger partial charge is 0.333 e. The summed E-state index contributed by atoms with van der Waals surface area (Å²) in [6.07, 6.45) is -0.512. The molecule has 6 nitrogen and oxygen atoms in total. The van der Waals surface area contributed by atoms with Gasteiger partial charge in [0.15, 0.2) is 6.10 Å². The molecule has 1 aromatic heterocycles. The summed E-state index contributed by atoms with van der Waals surface area (Å²) in [7, 11) is 1.97. The minimum Gasteiger partial charge on any atom is -0.486 e. The highest BCUT2D eigenvalue weighted by atomic mass is 16.5. The van der Waals surface area contributed by atoms with Crippen LogP contribution in [-0.2, 0) is 29.6 Å². The monoisotopic (exact) mass is 382 g/mol. The van der Waals surface area contributed by atoms with E-state index in [1.165, 1.54) is 0 Å². The minimum absolute atomic E-state index is 0.292. The predicted molar refractivity (Wildman–Crippen MR) is 107 cm³/mol. The van der Waals surface area contributed by atoms with Gasteiger partial charge in [-0.3, -0.25) is 0 Å². The number of ether oxygens (including phenoxy) is 2. The number of fused-ring (bicyclic) bond motifs is 1. The predicted octanol–water partition coefficient (Wildman–Crippen LogP) is 3.82. The molecule has 0 amide bonds. The summed E-state index contributed by atoms with van der Waals surface area (Å²) in [6.45, 7) is 4.78. The van der Waals surface area contributed by atoms with E-state index in [0.717, 1.165) is 22.4 Å². The molecule has 0 aliphatic carbocycles. The van der Waals surface area contributed by atoms with Crippen LogP contribution in [0, 0.1) is 5.92 Å². The van der Waals surface area contributed by atoms with Gasteiger partial charge >= 0.3 is 5.97 Å². The number of rotatable bonds is 9. The first kappa shape index (κ1) is 19.9. The number of hydrogen-bond donors (Lipinski definition) is 1. The van der Waals surface area contributed by atoms with Gasteiger partial charge in [0.25, 0.3) is 0 Å². The van der Waals surface area contributed by atoms with Crippen LogP contribution in [0.4, 0.5) is 0 Å². The lowest BCUT2D eigenvalue weighted by Crippen LogP contribution is -2.27. The second-order valence-electron chi connectivity index (χ2n) is 7.27. The van der Waals surface area contributed by atoms with Crippen LogP contribution >= 0.6 is 0 Å². The van der Waals surface area contributed by atoms with E-state index in [1.54, 1.807) is 0 Å². The van der Waals surface area contributed by atoms with E-state index < -0.39 is 12.1 Å². The third-order valence-corrected chi connectivity index (χ3v) is 4.50. The molecule has 1 unspecified atom stereocenters. The lowest BCUT2D eigenvalue weighted by Gasteiger charge is -2.15. The highest BCUT2D eigenvalue weighted by Gasteiger charge is 2.19. The van der Waals surface area contributed by atoms with E-state index in [1.807, 2.05) is 74.0 Å². The van der Waals surface area contributed by atoms with Gasteiger partial charge in [0, 0.05) is 13.5 Å². The summed E-state index contributed by atoms with van der Waals surface area (Å²) in [6, 6.07) is 15.4. The molecule has 1 N–H and O–H groups in total. The van der Waals surface area contributed by atoms with Gasteiger partial charge in [0.05, 0.1) is 17.6 Å². The zero-order valence-electron chi connectivity index (χ0n) is 16.5. The molecule has 1 heterocycles. The molecule has 0 radical (unpaired) electrons. The highest BCUT2D eigenvalue weighted by molar-refractivity contribution is 5.75. The Hall–Kier alpha value is -2.86. The van der Waals surface area contributed by atoms with Gasteiger partial charge in [-0.25, -0.2) is 9.78 Å². The number of aliphatic carboxylic acids is 1. The Kier molecular flexibility index (Phi) is 6.31. The summed E-state index contributed by atoms with van der Waals surface area (Å²) >= 11 is 0. The number of carboxylic acid groups (broad SMARTS) is 1. The lowest BCUT2D eigenvalue weighted by atomic mass is 10.1. The molecule has 0 aliphatic heterocycles. The normalized spacial score (nSPS) is 12.4. The Morgan fingerprint density at radius 3 is 2.50 bits per heavy atom. The van der Waals surface area contributed by atoms with Crippen LogP contribution < -0.4 is 4.74 Å². The quantitative estimate of drug-likeness (QED) is 0.609. The summed E-state index contributed by atoms with van der Waals surface area (Å²) < 4.78 is 13.4. The van der Waals surface area contributed by atoms with Crippen LogP contribution in [0.5, 0.6) is 5.75 Å². The molecule has 0 fully saturated rings. The highest BCUT2D eigenvalue weighted by Crippen LogP contribution is 2.18. The standard InChI is InChI=1S/C22H26N2O4/c1-15(2)13-28-20(22(25)26)12-16-8-10-17(11-9-16)27-14-21-23-18-6-4-5-7-19(18)24(21)3/h4-11,15,20H,12-14H2,1-3H3,(H,25,26). The first-order valence-electron chi connectivity index (χ1n) is 9.40. The number of aromatic nitrogens is 2. The first-order chi connectivity index (χ1) is 13.4. The zero-order chi connectivity index (χ0) is 20.1. The van der Waals surface area contributed by atoms with Crippen molar-refractivity contribution in [2.24, 2.45) is 13.0 Å². The summed E-state index contributed by atoms with van der Waals surface area (Å²) in [4.78, 5) is 16.0. The Bertz CT molecular complexity index is 931. The Balaban J connectivity index is 1.60. The number of para-hydroxylation sites is 2. The molecule has 28 heavy (non-hydrogen) atoms. The van der Waals surface area contributed by atoms with E-state index in [9.17, 15) is 9.90 Å². The van der Waals surface area contributed by atoms with Crippen molar-refractivity contribution in [2.45, 2.75) is 33.0 Å². The zero-order valence-corrected chi connectivity index (χ0v) is 16.5. The number of carboxylic acids is 1. The lowest BCUT2D eigenvalue weighted by molar-refractivity contribution is -0.150. The molecule has 6 heteroatoms. The fourth-order valence-corrected chi connectivity index (χ4v) is 2.93. The van der Waals surface area contributed by atoms with Gasteiger partial charge in [-0.1, -0.05) is 38.1 Å². The van der Waals surface area contributed by atoms with E-state index in [4.69, 9.17) is 9.47 Å². The van der Waals surface area contributed by atoms with Crippen LogP contribution in [0.2, 0.25) is 0 Å². The van der Waals surface area contributed by atoms with Crippen molar-refractivity contribution in [1.82, 2.24) is 9.55 Å². The average molecular weight is 382 g/mol. The van der Waals surface area contributed by atoms with Crippen LogP contribution in [-0.4, -0.2) is 33.3 Å². The number of nitrogens with zero attached hydrogens (tertiary/aromatic N) is 2. The molecule has 2 aromatic carbocycles. The summed E-state index contributed by atoms with van der Waals surface area (Å²) in [5.41, 5.74) is 2.91. The van der Waals surface area contributed by atoms with Gasteiger partial charge in [0.1, 0.15) is 18.2 Å². The van der Waals surface area contributed by atoms with Gasteiger partial charge < -0.3 is 19.1 Å². The molecule has 0 bridgehead atoms. The molecular weight excluding hydrogens is 356 g/mol. The first-order valence-corrected chi connectivity index (χ1v) is 9.40. The molecule has 3 rings (SSSR count). The molecule has 148 valence electrons.